The van der Waals surface area contributed by atoms with Crippen molar-refractivity contribution in [3.8, 4) is 0 Å². The molecule has 140 valence electrons. The fourth-order valence-electron chi connectivity index (χ4n) is 2.87. The lowest BCUT2D eigenvalue weighted by atomic mass is 10.1. The Morgan fingerprint density at radius 2 is 1.96 bits per heavy atom. The second-order valence-electron chi connectivity index (χ2n) is 6.22. The Balaban J connectivity index is 1.83. The number of nitrogens with zero attached hydrogens (tertiary/aromatic N) is 2. The number of aliphatic imine (C=N–C) groups is 1. The quantitative estimate of drug-likeness (QED) is 0.448. The Bertz CT molecular complexity index is 551. The minimum absolute atomic E-state index is 0.214. The van der Waals surface area contributed by atoms with E-state index in [-0.39, 0.29) is 6.54 Å². The fourth-order valence-corrected chi connectivity index (χ4v) is 2.87. The summed E-state index contributed by atoms with van der Waals surface area (Å²) in [5, 5.41) is 6.38. The molecule has 7 heteroatoms. The maximum absolute atomic E-state index is 12.8. The zero-order valence-corrected chi connectivity index (χ0v) is 14.7. The standard InChI is InChI=1S/C18H27F3N4/c1-2-22-17(23-9-6-12-25-10-3-4-11-25)24-14-15-7-5-8-16(13-15)18(19,20)21/h5,7-8,13H,2-4,6,9-12,14H2,1H3,(H2,22,23,24). The lowest BCUT2D eigenvalue weighted by Gasteiger charge is -2.16. The zero-order valence-electron chi connectivity index (χ0n) is 14.7. The molecular formula is C18H27F3N4. The first-order valence-corrected chi connectivity index (χ1v) is 8.89. The van der Waals surface area contributed by atoms with Crippen molar-refractivity contribution in [1.29, 1.82) is 0 Å². The number of halogens is 3. The number of hydrogen-bond acceptors (Lipinski definition) is 2. The van der Waals surface area contributed by atoms with Gasteiger partial charge in [-0.15, -0.1) is 0 Å². The van der Waals surface area contributed by atoms with Gasteiger partial charge in [-0.25, -0.2) is 4.99 Å². The fraction of sp³-hybridized carbons (Fsp3) is 0.611. The highest BCUT2D eigenvalue weighted by Gasteiger charge is 2.30. The van der Waals surface area contributed by atoms with Crippen molar-refractivity contribution in [3.63, 3.8) is 0 Å². The van der Waals surface area contributed by atoms with E-state index < -0.39 is 11.7 Å². The minimum atomic E-state index is -4.32. The van der Waals surface area contributed by atoms with Crippen LogP contribution in [0.4, 0.5) is 13.2 Å². The average Bonchev–Trinajstić information content (AvgIpc) is 3.09. The van der Waals surface area contributed by atoms with Crippen LogP contribution in [-0.2, 0) is 12.7 Å². The summed E-state index contributed by atoms with van der Waals surface area (Å²) in [5.74, 6) is 0.640. The molecule has 0 saturated carbocycles. The predicted octanol–water partition coefficient (Wildman–Crippen LogP) is 3.25. The molecule has 0 amide bonds. The molecule has 0 unspecified atom stereocenters. The van der Waals surface area contributed by atoms with Gasteiger partial charge in [0.2, 0.25) is 0 Å². The van der Waals surface area contributed by atoms with E-state index in [0.717, 1.165) is 31.6 Å². The van der Waals surface area contributed by atoms with E-state index >= 15 is 0 Å². The van der Waals surface area contributed by atoms with Crippen molar-refractivity contribution in [2.45, 2.75) is 38.9 Å². The molecule has 1 saturated heterocycles. The molecular weight excluding hydrogens is 329 g/mol. The van der Waals surface area contributed by atoms with Crippen molar-refractivity contribution in [2.24, 2.45) is 4.99 Å². The van der Waals surface area contributed by atoms with E-state index in [9.17, 15) is 13.2 Å². The molecule has 0 radical (unpaired) electrons. The van der Waals surface area contributed by atoms with E-state index in [1.54, 1.807) is 6.07 Å². The van der Waals surface area contributed by atoms with Crippen molar-refractivity contribution in [2.75, 3.05) is 32.7 Å². The SMILES string of the molecule is CCNC(=NCc1cccc(C(F)(F)F)c1)NCCCN1CCCC1. The van der Waals surface area contributed by atoms with Crippen LogP contribution in [0.1, 0.15) is 37.3 Å². The molecule has 0 atom stereocenters. The molecule has 0 aromatic heterocycles. The molecule has 0 aliphatic carbocycles. The lowest BCUT2D eigenvalue weighted by Crippen LogP contribution is -2.38. The summed E-state index contributed by atoms with van der Waals surface area (Å²) in [5.41, 5.74) is -0.0899. The van der Waals surface area contributed by atoms with E-state index in [1.807, 2.05) is 6.92 Å². The van der Waals surface area contributed by atoms with Gasteiger partial charge in [0.05, 0.1) is 12.1 Å². The largest absolute Gasteiger partial charge is 0.416 e. The van der Waals surface area contributed by atoms with Gasteiger partial charge in [-0.3, -0.25) is 0 Å². The Hall–Kier alpha value is -1.76. The maximum atomic E-state index is 12.8. The van der Waals surface area contributed by atoms with Gasteiger partial charge in [-0.2, -0.15) is 13.2 Å². The molecule has 2 rings (SSSR count). The Morgan fingerprint density at radius 1 is 1.20 bits per heavy atom. The van der Waals surface area contributed by atoms with Crippen molar-refractivity contribution < 1.29 is 13.2 Å². The highest BCUT2D eigenvalue weighted by Crippen LogP contribution is 2.29. The van der Waals surface area contributed by atoms with Crippen molar-refractivity contribution >= 4 is 5.96 Å². The van der Waals surface area contributed by atoms with E-state index in [4.69, 9.17) is 0 Å². The van der Waals surface area contributed by atoms with Crippen LogP contribution >= 0.6 is 0 Å². The third kappa shape index (κ3) is 6.94. The number of benzene rings is 1. The molecule has 4 nitrogen and oxygen atoms in total. The number of nitrogens with one attached hydrogen (secondary N) is 2. The van der Waals surface area contributed by atoms with Gasteiger partial charge in [-0.05, 0) is 63.5 Å². The molecule has 0 bridgehead atoms. The van der Waals surface area contributed by atoms with Crippen LogP contribution in [0.25, 0.3) is 0 Å². The van der Waals surface area contributed by atoms with Crippen molar-refractivity contribution in [3.05, 3.63) is 35.4 Å². The molecule has 1 aliphatic heterocycles. The molecule has 0 spiro atoms. The maximum Gasteiger partial charge on any atom is 0.416 e. The normalized spacial score (nSPS) is 16.2. The van der Waals surface area contributed by atoms with Crippen LogP contribution in [0, 0.1) is 0 Å². The number of likely N-dealkylation sites (tertiary alicyclic amines) is 1. The van der Waals surface area contributed by atoms with Crippen LogP contribution in [0.15, 0.2) is 29.3 Å². The summed E-state index contributed by atoms with van der Waals surface area (Å²) in [6.07, 6.45) is -0.727. The smallest absolute Gasteiger partial charge is 0.357 e. The topological polar surface area (TPSA) is 39.7 Å². The number of alkyl halides is 3. The highest BCUT2D eigenvalue weighted by atomic mass is 19.4. The molecule has 1 fully saturated rings. The van der Waals surface area contributed by atoms with Crippen LogP contribution in [0.3, 0.4) is 0 Å². The van der Waals surface area contributed by atoms with E-state index in [1.165, 1.54) is 32.0 Å². The first kappa shape index (κ1) is 19.6. The Labute approximate surface area is 147 Å². The summed E-state index contributed by atoms with van der Waals surface area (Å²) < 4.78 is 38.3. The molecule has 1 aliphatic rings. The minimum Gasteiger partial charge on any atom is -0.357 e. The second-order valence-corrected chi connectivity index (χ2v) is 6.22. The Kier molecular flexibility index (Phi) is 7.55. The lowest BCUT2D eigenvalue weighted by molar-refractivity contribution is -0.137. The Morgan fingerprint density at radius 3 is 2.64 bits per heavy atom. The monoisotopic (exact) mass is 356 g/mol. The number of hydrogen-bond donors (Lipinski definition) is 2. The van der Waals surface area contributed by atoms with Gasteiger partial charge in [0.25, 0.3) is 0 Å². The van der Waals surface area contributed by atoms with Gasteiger partial charge >= 0.3 is 6.18 Å². The predicted molar refractivity (Wildman–Crippen MR) is 94.6 cm³/mol. The summed E-state index contributed by atoms with van der Waals surface area (Å²) >= 11 is 0. The molecule has 25 heavy (non-hydrogen) atoms. The molecule has 1 aromatic carbocycles. The number of rotatable bonds is 7. The average molecular weight is 356 g/mol. The third-order valence-corrected chi connectivity index (χ3v) is 4.16. The molecule has 1 heterocycles. The van der Waals surface area contributed by atoms with Crippen LogP contribution in [-0.4, -0.2) is 43.6 Å². The van der Waals surface area contributed by atoms with E-state index in [0.29, 0.717) is 18.1 Å². The van der Waals surface area contributed by atoms with Gasteiger partial charge in [0.15, 0.2) is 5.96 Å². The highest BCUT2D eigenvalue weighted by molar-refractivity contribution is 5.79. The van der Waals surface area contributed by atoms with Gasteiger partial charge < -0.3 is 15.5 Å². The van der Waals surface area contributed by atoms with Crippen LogP contribution in [0.5, 0.6) is 0 Å². The molecule has 1 aromatic rings. The van der Waals surface area contributed by atoms with Crippen molar-refractivity contribution in [1.82, 2.24) is 15.5 Å². The first-order valence-electron chi connectivity index (χ1n) is 8.89. The third-order valence-electron chi connectivity index (χ3n) is 4.16. The van der Waals surface area contributed by atoms with Crippen LogP contribution in [0.2, 0.25) is 0 Å². The van der Waals surface area contributed by atoms with Crippen LogP contribution < -0.4 is 10.6 Å². The zero-order chi connectivity index (χ0) is 18.1. The second kappa shape index (κ2) is 9.65. The van der Waals surface area contributed by atoms with Gasteiger partial charge in [0.1, 0.15) is 0 Å². The van der Waals surface area contributed by atoms with E-state index in [2.05, 4.69) is 20.5 Å². The summed E-state index contributed by atoms with van der Waals surface area (Å²) in [4.78, 5) is 6.84. The van der Waals surface area contributed by atoms with Gasteiger partial charge in [0, 0.05) is 13.1 Å². The first-order chi connectivity index (χ1) is 12.0. The number of guanidine groups is 1. The molecule has 2 N–H and O–H groups in total. The summed E-state index contributed by atoms with van der Waals surface area (Å²) in [7, 11) is 0. The summed E-state index contributed by atoms with van der Waals surface area (Å²) in [6.45, 7) is 7.12. The summed E-state index contributed by atoms with van der Waals surface area (Å²) in [6, 6.07) is 5.31. The van der Waals surface area contributed by atoms with Gasteiger partial charge in [-0.1, -0.05) is 12.1 Å².